The average Bonchev–Trinajstić information content (AvgIpc) is 3.41. The van der Waals surface area contributed by atoms with Gasteiger partial charge >= 0.3 is 0 Å². The van der Waals surface area contributed by atoms with Crippen LogP contribution in [0.5, 0.6) is 0 Å². The van der Waals surface area contributed by atoms with Gasteiger partial charge in [-0.05, 0) is 31.1 Å². The molecule has 4 heterocycles. The number of carbonyl (C=O) groups is 1. The zero-order chi connectivity index (χ0) is 18.6. The molecule has 4 rings (SSSR count). The second-order valence-electron chi connectivity index (χ2n) is 6.39. The monoisotopic (exact) mass is 380 g/mol. The lowest BCUT2D eigenvalue weighted by Crippen LogP contribution is -2.29. The molecule has 27 heavy (non-hydrogen) atoms. The van der Waals surface area contributed by atoms with Crippen molar-refractivity contribution in [2.45, 2.75) is 18.9 Å². The first-order chi connectivity index (χ1) is 13.2. The van der Waals surface area contributed by atoms with Gasteiger partial charge in [0.2, 0.25) is 5.91 Å². The Labute approximate surface area is 161 Å². The average molecular weight is 380 g/mol. The summed E-state index contributed by atoms with van der Waals surface area (Å²) in [4.78, 5) is 23.5. The Kier molecular flexibility index (Phi) is 4.97. The molecule has 0 aliphatic carbocycles. The van der Waals surface area contributed by atoms with E-state index in [9.17, 15) is 4.79 Å². The summed E-state index contributed by atoms with van der Waals surface area (Å²) in [7, 11) is 1.86. The van der Waals surface area contributed by atoms with E-state index in [-0.39, 0.29) is 11.9 Å². The number of aryl methyl sites for hydroxylation is 1. The van der Waals surface area contributed by atoms with Gasteiger partial charge in [0.1, 0.15) is 5.82 Å². The van der Waals surface area contributed by atoms with Crippen molar-refractivity contribution >= 4 is 34.3 Å². The topological polar surface area (TPSA) is 75.9 Å². The van der Waals surface area contributed by atoms with E-state index in [1.165, 1.54) is 11.3 Å². The fraction of sp³-hybridized carbons (Fsp3) is 0.263. The summed E-state index contributed by atoms with van der Waals surface area (Å²) in [6, 6.07) is 5.72. The van der Waals surface area contributed by atoms with Crippen molar-refractivity contribution in [2.75, 3.05) is 11.9 Å². The number of carbonyl (C=O) groups excluding carboxylic acids is 1. The smallest absolute Gasteiger partial charge is 0.247 e. The van der Waals surface area contributed by atoms with Gasteiger partial charge in [-0.3, -0.25) is 9.48 Å². The summed E-state index contributed by atoms with van der Waals surface area (Å²) in [6.07, 6.45) is 10.7. The van der Waals surface area contributed by atoms with Gasteiger partial charge in [0.15, 0.2) is 5.13 Å². The number of rotatable bonds is 5. The lowest BCUT2D eigenvalue weighted by molar-refractivity contribution is -0.126. The predicted octanol–water partition coefficient (Wildman–Crippen LogP) is 3.39. The van der Waals surface area contributed by atoms with Gasteiger partial charge in [-0.25, -0.2) is 9.97 Å². The summed E-state index contributed by atoms with van der Waals surface area (Å²) >= 11 is 1.53. The quantitative estimate of drug-likeness (QED) is 0.687. The maximum absolute atomic E-state index is 12.7. The van der Waals surface area contributed by atoms with E-state index in [2.05, 4.69) is 20.4 Å². The Morgan fingerprint density at radius 1 is 1.41 bits per heavy atom. The number of aromatic nitrogens is 4. The van der Waals surface area contributed by atoms with Crippen molar-refractivity contribution in [1.29, 1.82) is 0 Å². The minimum absolute atomic E-state index is 0.00795. The number of nitrogens with zero attached hydrogens (tertiary/aromatic N) is 5. The summed E-state index contributed by atoms with van der Waals surface area (Å²) in [6.45, 7) is 0.751. The molecule has 3 aromatic heterocycles. The lowest BCUT2D eigenvalue weighted by Gasteiger charge is -2.21. The molecule has 0 bridgehead atoms. The second-order valence-corrected chi connectivity index (χ2v) is 7.25. The Bertz CT molecular complexity index is 948. The van der Waals surface area contributed by atoms with Crippen LogP contribution in [0.15, 0.2) is 48.2 Å². The van der Waals surface area contributed by atoms with Crippen LogP contribution in [0, 0.1) is 0 Å². The van der Waals surface area contributed by atoms with E-state index < -0.39 is 0 Å². The maximum atomic E-state index is 12.7. The Hall–Kier alpha value is -3.00. The molecule has 0 saturated carbocycles. The molecule has 0 radical (unpaired) electrons. The van der Waals surface area contributed by atoms with Crippen LogP contribution in [0.4, 0.5) is 10.9 Å². The lowest BCUT2D eigenvalue weighted by atomic mass is 10.1. The minimum atomic E-state index is 0.00795. The summed E-state index contributed by atoms with van der Waals surface area (Å²) in [5.74, 6) is 0.769. The van der Waals surface area contributed by atoms with Crippen molar-refractivity contribution < 1.29 is 4.79 Å². The van der Waals surface area contributed by atoms with Crippen LogP contribution in [-0.2, 0) is 11.8 Å². The van der Waals surface area contributed by atoms with Crippen molar-refractivity contribution in [1.82, 2.24) is 24.6 Å². The molecule has 3 aromatic rings. The molecule has 1 fully saturated rings. The number of hydrogen-bond donors (Lipinski definition) is 1. The fourth-order valence-corrected chi connectivity index (χ4v) is 3.93. The van der Waals surface area contributed by atoms with E-state index in [4.69, 9.17) is 0 Å². The van der Waals surface area contributed by atoms with Gasteiger partial charge in [0, 0.05) is 43.0 Å². The Morgan fingerprint density at radius 2 is 2.33 bits per heavy atom. The van der Waals surface area contributed by atoms with Crippen molar-refractivity contribution in [3.63, 3.8) is 0 Å². The fourth-order valence-electron chi connectivity index (χ4n) is 3.17. The molecule has 1 N–H and O–H groups in total. The second kappa shape index (κ2) is 7.71. The van der Waals surface area contributed by atoms with E-state index in [1.807, 2.05) is 41.7 Å². The Balaban J connectivity index is 1.45. The number of amides is 1. The standard InChI is InChI=1S/C19H20N6OS/c1-24-12-14(11-21-24)7-8-18(26)25-10-4-5-16(25)15-13-27-19(22-15)23-17-6-2-3-9-20-17/h2-3,6-9,11-13,16H,4-5,10H2,1H3,(H,20,22,23). The van der Waals surface area contributed by atoms with Crippen LogP contribution >= 0.6 is 11.3 Å². The highest BCUT2D eigenvalue weighted by molar-refractivity contribution is 7.13. The molecular weight excluding hydrogens is 360 g/mol. The highest BCUT2D eigenvalue weighted by atomic mass is 32.1. The van der Waals surface area contributed by atoms with Gasteiger partial charge < -0.3 is 10.2 Å². The van der Waals surface area contributed by atoms with Crippen LogP contribution in [0.25, 0.3) is 6.08 Å². The molecule has 1 aliphatic heterocycles. The highest BCUT2D eigenvalue weighted by Gasteiger charge is 2.30. The van der Waals surface area contributed by atoms with Gasteiger partial charge in [-0.1, -0.05) is 6.07 Å². The molecule has 1 aliphatic rings. The normalized spacial score (nSPS) is 16.9. The summed E-state index contributed by atoms with van der Waals surface area (Å²) < 4.78 is 1.72. The number of pyridine rings is 1. The summed E-state index contributed by atoms with van der Waals surface area (Å²) in [5, 5.41) is 10.1. The zero-order valence-electron chi connectivity index (χ0n) is 14.9. The highest BCUT2D eigenvalue weighted by Crippen LogP contribution is 2.34. The molecule has 1 amide bonds. The number of thiazole rings is 1. The Morgan fingerprint density at radius 3 is 3.11 bits per heavy atom. The SMILES string of the molecule is Cn1cc(C=CC(=O)N2CCCC2c2csc(Nc3ccccn3)n2)cn1. The largest absolute Gasteiger partial charge is 0.331 e. The van der Waals surface area contributed by atoms with E-state index in [0.717, 1.165) is 41.6 Å². The maximum Gasteiger partial charge on any atom is 0.247 e. The third kappa shape index (κ3) is 4.06. The number of likely N-dealkylation sites (tertiary alicyclic amines) is 1. The first kappa shape index (κ1) is 17.4. The zero-order valence-corrected chi connectivity index (χ0v) is 15.8. The van der Waals surface area contributed by atoms with Gasteiger partial charge in [-0.2, -0.15) is 5.10 Å². The van der Waals surface area contributed by atoms with Crippen molar-refractivity contribution in [2.24, 2.45) is 7.05 Å². The molecule has 8 heteroatoms. The summed E-state index contributed by atoms with van der Waals surface area (Å²) in [5.41, 5.74) is 1.84. The van der Waals surface area contributed by atoms with E-state index in [0.29, 0.717) is 0 Å². The predicted molar refractivity (Wildman–Crippen MR) is 106 cm³/mol. The third-order valence-corrected chi connectivity index (χ3v) is 5.22. The molecule has 7 nitrogen and oxygen atoms in total. The van der Waals surface area contributed by atoms with E-state index >= 15 is 0 Å². The molecule has 1 saturated heterocycles. The van der Waals surface area contributed by atoms with Gasteiger partial charge in [0.05, 0.1) is 17.9 Å². The van der Waals surface area contributed by atoms with Crippen LogP contribution < -0.4 is 5.32 Å². The van der Waals surface area contributed by atoms with Gasteiger partial charge in [0.25, 0.3) is 0 Å². The minimum Gasteiger partial charge on any atom is -0.331 e. The van der Waals surface area contributed by atoms with Crippen LogP contribution in [0.1, 0.15) is 30.1 Å². The van der Waals surface area contributed by atoms with Crippen LogP contribution in [0.3, 0.4) is 0 Å². The van der Waals surface area contributed by atoms with Crippen LogP contribution in [-0.4, -0.2) is 37.1 Å². The first-order valence-electron chi connectivity index (χ1n) is 8.80. The molecule has 0 aromatic carbocycles. The number of nitrogens with one attached hydrogen (secondary N) is 1. The van der Waals surface area contributed by atoms with Crippen molar-refractivity contribution in [3.05, 3.63) is 59.5 Å². The number of anilines is 2. The van der Waals surface area contributed by atoms with E-state index in [1.54, 1.807) is 29.2 Å². The van der Waals surface area contributed by atoms with Gasteiger partial charge in [-0.15, -0.1) is 11.3 Å². The number of hydrogen-bond acceptors (Lipinski definition) is 6. The molecule has 1 unspecified atom stereocenters. The van der Waals surface area contributed by atoms with Crippen molar-refractivity contribution in [3.8, 4) is 0 Å². The molecule has 1 atom stereocenters. The molecular formula is C19H20N6OS. The molecule has 138 valence electrons. The molecule has 0 spiro atoms. The third-order valence-electron chi connectivity index (χ3n) is 4.44. The van der Waals surface area contributed by atoms with Crippen LogP contribution in [0.2, 0.25) is 0 Å². The first-order valence-corrected chi connectivity index (χ1v) is 9.68.